The van der Waals surface area contributed by atoms with Crippen LogP contribution >= 0.6 is 11.3 Å². The van der Waals surface area contributed by atoms with Crippen LogP contribution in [0.4, 0.5) is 0 Å². The number of nitrogens with zero attached hydrogens (tertiary/aromatic N) is 3. The molecule has 23 heavy (non-hydrogen) atoms. The van der Waals surface area contributed by atoms with Gasteiger partial charge in [0.2, 0.25) is 5.91 Å². The summed E-state index contributed by atoms with van der Waals surface area (Å²) in [5.41, 5.74) is 1.95. The first-order valence-corrected chi connectivity index (χ1v) is 8.89. The van der Waals surface area contributed by atoms with Gasteiger partial charge in [0.25, 0.3) is 0 Å². The molecule has 0 spiro atoms. The average Bonchev–Trinajstić information content (AvgIpc) is 3.31. The zero-order valence-corrected chi connectivity index (χ0v) is 13.9. The molecule has 5 heteroatoms. The lowest BCUT2D eigenvalue weighted by atomic mass is 10.1. The maximum atomic E-state index is 13.1. The number of likely N-dealkylation sites (tertiary alicyclic amines) is 1. The Kier molecular flexibility index (Phi) is 3.65. The number of carbonyl (C=O) groups is 1. The number of hydrogen-bond donors (Lipinski definition) is 0. The van der Waals surface area contributed by atoms with Crippen molar-refractivity contribution in [3.05, 3.63) is 53.0 Å². The predicted molar refractivity (Wildman–Crippen MR) is 92.5 cm³/mol. The second kappa shape index (κ2) is 5.81. The summed E-state index contributed by atoms with van der Waals surface area (Å²) >= 11 is 1.74. The summed E-state index contributed by atoms with van der Waals surface area (Å²) in [5, 5.41) is 2.09. The fourth-order valence-electron chi connectivity index (χ4n) is 3.45. The molecule has 2 atom stereocenters. The van der Waals surface area contributed by atoms with E-state index in [0.29, 0.717) is 0 Å². The summed E-state index contributed by atoms with van der Waals surface area (Å²) in [5.74, 6) is 0.184. The van der Waals surface area contributed by atoms with Crippen molar-refractivity contribution in [2.75, 3.05) is 6.54 Å². The Labute approximate surface area is 139 Å². The molecule has 0 aliphatic carbocycles. The minimum atomic E-state index is -0.233. The number of rotatable bonds is 3. The van der Waals surface area contributed by atoms with E-state index in [1.54, 1.807) is 17.7 Å². The van der Waals surface area contributed by atoms with Gasteiger partial charge in [-0.3, -0.25) is 4.79 Å². The Morgan fingerprint density at radius 2 is 2.17 bits per heavy atom. The average molecular weight is 325 g/mol. The normalized spacial score (nSPS) is 19.3. The summed E-state index contributed by atoms with van der Waals surface area (Å²) in [7, 11) is 0. The molecule has 0 radical (unpaired) electrons. The van der Waals surface area contributed by atoms with Crippen LogP contribution in [-0.2, 0) is 4.79 Å². The number of aromatic nitrogens is 2. The molecule has 3 heterocycles. The lowest BCUT2D eigenvalue weighted by Crippen LogP contribution is -2.35. The van der Waals surface area contributed by atoms with E-state index < -0.39 is 0 Å². The van der Waals surface area contributed by atoms with Crippen LogP contribution in [0.3, 0.4) is 0 Å². The fraction of sp³-hybridized carbons (Fsp3) is 0.333. The van der Waals surface area contributed by atoms with Crippen molar-refractivity contribution in [2.45, 2.75) is 31.8 Å². The highest BCUT2D eigenvalue weighted by molar-refractivity contribution is 7.10. The van der Waals surface area contributed by atoms with E-state index in [1.165, 1.54) is 4.88 Å². The van der Waals surface area contributed by atoms with E-state index in [1.807, 2.05) is 40.7 Å². The molecule has 1 aliphatic heterocycles. The van der Waals surface area contributed by atoms with Gasteiger partial charge in [-0.1, -0.05) is 18.2 Å². The van der Waals surface area contributed by atoms with Crippen LogP contribution in [0.5, 0.6) is 0 Å². The van der Waals surface area contributed by atoms with E-state index in [2.05, 4.69) is 22.5 Å². The maximum absolute atomic E-state index is 13.1. The van der Waals surface area contributed by atoms with E-state index >= 15 is 0 Å². The van der Waals surface area contributed by atoms with E-state index in [9.17, 15) is 4.79 Å². The minimum absolute atomic E-state index is 0.184. The highest BCUT2D eigenvalue weighted by Gasteiger charge is 2.33. The third-order valence-corrected chi connectivity index (χ3v) is 5.64. The van der Waals surface area contributed by atoms with Crippen molar-refractivity contribution in [1.82, 2.24) is 14.5 Å². The van der Waals surface area contributed by atoms with Gasteiger partial charge in [0.15, 0.2) is 0 Å². The smallest absolute Gasteiger partial charge is 0.245 e. The molecule has 0 N–H and O–H groups in total. The molecule has 1 saturated heterocycles. The van der Waals surface area contributed by atoms with Gasteiger partial charge >= 0.3 is 0 Å². The number of hydrogen-bond acceptors (Lipinski definition) is 3. The summed E-state index contributed by atoms with van der Waals surface area (Å²) in [6.07, 6.45) is 3.92. The fourth-order valence-corrected chi connectivity index (χ4v) is 4.33. The van der Waals surface area contributed by atoms with Crippen molar-refractivity contribution >= 4 is 28.3 Å². The van der Waals surface area contributed by atoms with Crippen LogP contribution in [0.2, 0.25) is 0 Å². The number of benzene rings is 1. The molecule has 0 unspecified atom stereocenters. The van der Waals surface area contributed by atoms with Gasteiger partial charge < -0.3 is 9.47 Å². The van der Waals surface area contributed by atoms with Gasteiger partial charge in [-0.25, -0.2) is 4.98 Å². The van der Waals surface area contributed by atoms with Crippen LogP contribution in [0.25, 0.3) is 11.0 Å². The van der Waals surface area contributed by atoms with Crippen LogP contribution in [0.1, 0.15) is 36.7 Å². The van der Waals surface area contributed by atoms with Gasteiger partial charge in [0.05, 0.1) is 23.4 Å². The third kappa shape index (κ3) is 2.45. The van der Waals surface area contributed by atoms with Crippen LogP contribution < -0.4 is 0 Å². The molecule has 3 aromatic rings. The Balaban J connectivity index is 1.63. The molecule has 2 aromatic heterocycles. The van der Waals surface area contributed by atoms with E-state index in [-0.39, 0.29) is 18.0 Å². The number of imidazole rings is 1. The van der Waals surface area contributed by atoms with Crippen molar-refractivity contribution in [3.63, 3.8) is 0 Å². The number of fused-ring (bicyclic) bond motifs is 1. The molecular formula is C18H19N3OS. The van der Waals surface area contributed by atoms with Gasteiger partial charge in [-0.15, -0.1) is 11.3 Å². The predicted octanol–water partition coefficient (Wildman–Crippen LogP) is 4.02. The summed E-state index contributed by atoms with van der Waals surface area (Å²) in [6, 6.07) is 12.2. The standard InChI is InChI=1S/C18H19N3OS/c1-13(21-12-19-14-6-2-3-7-15(14)21)18(22)20-10-4-8-16(20)17-9-5-11-23-17/h2-3,5-7,9,11-13,16H,4,8,10H2,1H3/t13-,16-/m1/s1. The zero-order chi connectivity index (χ0) is 15.8. The Bertz CT molecular complexity index is 824. The zero-order valence-electron chi connectivity index (χ0n) is 13.1. The Morgan fingerprint density at radius 1 is 1.30 bits per heavy atom. The monoisotopic (exact) mass is 325 g/mol. The molecule has 4 nitrogen and oxygen atoms in total. The molecule has 118 valence electrons. The SMILES string of the molecule is C[C@H](C(=O)N1CCC[C@@H]1c1cccs1)n1cnc2ccccc21. The lowest BCUT2D eigenvalue weighted by Gasteiger charge is -2.27. The van der Waals surface area contributed by atoms with Crippen LogP contribution in [0.15, 0.2) is 48.1 Å². The number of para-hydroxylation sites is 2. The highest BCUT2D eigenvalue weighted by Crippen LogP contribution is 2.36. The lowest BCUT2D eigenvalue weighted by molar-refractivity contribution is -0.135. The van der Waals surface area contributed by atoms with Crippen molar-refractivity contribution in [3.8, 4) is 0 Å². The second-order valence-corrected chi connectivity index (χ2v) is 7.00. The molecule has 1 amide bonds. The maximum Gasteiger partial charge on any atom is 0.245 e. The summed E-state index contributed by atoms with van der Waals surface area (Å²) in [6.45, 7) is 2.82. The Morgan fingerprint density at radius 3 is 3.00 bits per heavy atom. The van der Waals surface area contributed by atoms with E-state index in [0.717, 1.165) is 30.4 Å². The van der Waals surface area contributed by atoms with Gasteiger partial charge in [0, 0.05) is 11.4 Å². The van der Waals surface area contributed by atoms with Crippen molar-refractivity contribution in [1.29, 1.82) is 0 Å². The number of carbonyl (C=O) groups excluding carboxylic acids is 1. The molecule has 1 aliphatic rings. The van der Waals surface area contributed by atoms with E-state index in [4.69, 9.17) is 0 Å². The third-order valence-electron chi connectivity index (χ3n) is 4.66. The minimum Gasteiger partial charge on any atom is -0.333 e. The van der Waals surface area contributed by atoms with Gasteiger partial charge in [0.1, 0.15) is 6.04 Å². The first kappa shape index (κ1) is 14.5. The van der Waals surface area contributed by atoms with Crippen molar-refractivity contribution < 1.29 is 4.79 Å². The number of amides is 1. The van der Waals surface area contributed by atoms with Gasteiger partial charge in [-0.2, -0.15) is 0 Å². The topological polar surface area (TPSA) is 38.1 Å². The Hall–Kier alpha value is -2.14. The quantitative estimate of drug-likeness (QED) is 0.729. The van der Waals surface area contributed by atoms with Crippen LogP contribution in [-0.4, -0.2) is 26.9 Å². The number of thiophene rings is 1. The first-order chi connectivity index (χ1) is 11.3. The summed E-state index contributed by atoms with van der Waals surface area (Å²) in [4.78, 5) is 20.8. The van der Waals surface area contributed by atoms with Gasteiger partial charge in [-0.05, 0) is 43.3 Å². The molecule has 4 rings (SSSR count). The van der Waals surface area contributed by atoms with Crippen molar-refractivity contribution in [2.24, 2.45) is 0 Å². The molecule has 0 bridgehead atoms. The largest absolute Gasteiger partial charge is 0.333 e. The summed E-state index contributed by atoms with van der Waals surface area (Å²) < 4.78 is 1.99. The van der Waals surface area contributed by atoms with Crippen LogP contribution in [0, 0.1) is 0 Å². The molecular weight excluding hydrogens is 306 g/mol. The highest BCUT2D eigenvalue weighted by atomic mass is 32.1. The molecule has 1 aromatic carbocycles. The second-order valence-electron chi connectivity index (χ2n) is 6.02. The first-order valence-electron chi connectivity index (χ1n) is 8.01. The molecule has 1 fully saturated rings. The molecule has 0 saturated carbocycles.